The molecule has 138 valence electrons. The van der Waals surface area contributed by atoms with Crippen LogP contribution < -0.4 is 10.6 Å². The van der Waals surface area contributed by atoms with Crippen molar-refractivity contribution in [2.45, 2.75) is 6.17 Å². The SMILES string of the molecule is O=C(NC(Nc1cccc2ccccc12)C(=O)c1ccccc1)c1ccco1. The van der Waals surface area contributed by atoms with E-state index in [0.29, 0.717) is 5.56 Å². The van der Waals surface area contributed by atoms with E-state index < -0.39 is 12.1 Å². The van der Waals surface area contributed by atoms with Crippen molar-refractivity contribution < 1.29 is 14.0 Å². The van der Waals surface area contributed by atoms with Crippen LogP contribution in [0, 0.1) is 0 Å². The molecule has 5 nitrogen and oxygen atoms in total. The predicted molar refractivity (Wildman–Crippen MR) is 108 cm³/mol. The smallest absolute Gasteiger partial charge is 0.288 e. The standard InChI is InChI=1S/C23H18N2O3/c26-21(17-9-2-1-3-10-17)22(25-23(27)20-14-7-15-28-20)24-19-13-6-11-16-8-4-5-12-18(16)19/h1-15,22,24H,(H,25,27). The summed E-state index contributed by atoms with van der Waals surface area (Å²) in [4.78, 5) is 25.6. The highest BCUT2D eigenvalue weighted by Crippen LogP contribution is 2.24. The highest BCUT2D eigenvalue weighted by atomic mass is 16.3. The number of carbonyl (C=O) groups is 2. The van der Waals surface area contributed by atoms with Crippen LogP contribution in [0.25, 0.3) is 10.8 Å². The Morgan fingerprint density at radius 1 is 0.786 bits per heavy atom. The number of nitrogens with one attached hydrogen (secondary N) is 2. The summed E-state index contributed by atoms with van der Waals surface area (Å²) in [7, 11) is 0. The fraction of sp³-hybridized carbons (Fsp3) is 0.0435. The summed E-state index contributed by atoms with van der Waals surface area (Å²) in [5, 5.41) is 7.93. The highest BCUT2D eigenvalue weighted by molar-refractivity contribution is 6.06. The number of amides is 1. The Hall–Kier alpha value is -3.86. The fourth-order valence-electron chi connectivity index (χ4n) is 3.05. The van der Waals surface area contributed by atoms with Gasteiger partial charge in [-0.3, -0.25) is 9.59 Å². The number of ketones is 1. The van der Waals surface area contributed by atoms with Gasteiger partial charge in [0.2, 0.25) is 5.78 Å². The van der Waals surface area contributed by atoms with Gasteiger partial charge >= 0.3 is 0 Å². The first kappa shape index (κ1) is 17.5. The van der Waals surface area contributed by atoms with E-state index in [1.165, 1.54) is 6.26 Å². The molecule has 0 bridgehead atoms. The molecule has 0 spiro atoms. The van der Waals surface area contributed by atoms with Gasteiger partial charge in [-0.25, -0.2) is 0 Å². The van der Waals surface area contributed by atoms with E-state index in [0.717, 1.165) is 16.5 Å². The maximum atomic E-state index is 13.1. The Morgan fingerprint density at radius 3 is 2.32 bits per heavy atom. The summed E-state index contributed by atoms with van der Waals surface area (Å²) in [5.41, 5.74) is 1.26. The van der Waals surface area contributed by atoms with Crippen LogP contribution in [0.3, 0.4) is 0 Å². The van der Waals surface area contributed by atoms with E-state index in [1.54, 1.807) is 36.4 Å². The third-order valence-corrected chi connectivity index (χ3v) is 4.43. The second kappa shape index (κ2) is 7.80. The van der Waals surface area contributed by atoms with Crippen molar-refractivity contribution in [2.75, 3.05) is 5.32 Å². The van der Waals surface area contributed by atoms with Crippen molar-refractivity contribution in [1.82, 2.24) is 5.32 Å². The molecule has 3 aromatic carbocycles. The van der Waals surface area contributed by atoms with Crippen molar-refractivity contribution >= 4 is 28.2 Å². The van der Waals surface area contributed by atoms with E-state index in [4.69, 9.17) is 4.42 Å². The normalized spacial score (nSPS) is 11.7. The molecule has 1 atom stereocenters. The Morgan fingerprint density at radius 2 is 1.54 bits per heavy atom. The molecule has 1 amide bonds. The first-order valence-electron chi connectivity index (χ1n) is 8.90. The molecular weight excluding hydrogens is 352 g/mol. The zero-order valence-electron chi connectivity index (χ0n) is 15.0. The van der Waals surface area contributed by atoms with Gasteiger partial charge in [-0.15, -0.1) is 0 Å². The fourth-order valence-corrected chi connectivity index (χ4v) is 3.05. The monoisotopic (exact) mass is 370 g/mol. The Kier molecular flexibility index (Phi) is 4.89. The predicted octanol–water partition coefficient (Wildman–Crippen LogP) is 4.48. The summed E-state index contributed by atoms with van der Waals surface area (Å²) in [6.45, 7) is 0. The van der Waals surface area contributed by atoms with Gasteiger partial charge in [0.25, 0.3) is 5.91 Å². The van der Waals surface area contributed by atoms with Crippen LogP contribution in [-0.2, 0) is 0 Å². The third kappa shape index (κ3) is 3.64. The van der Waals surface area contributed by atoms with Gasteiger partial charge < -0.3 is 15.1 Å². The molecule has 1 aromatic heterocycles. The molecule has 0 saturated heterocycles. The van der Waals surface area contributed by atoms with Crippen LogP contribution in [0.1, 0.15) is 20.9 Å². The van der Waals surface area contributed by atoms with Crippen LogP contribution >= 0.6 is 0 Å². The van der Waals surface area contributed by atoms with Gasteiger partial charge in [0, 0.05) is 16.6 Å². The number of benzene rings is 3. The first-order chi connectivity index (χ1) is 13.7. The average Bonchev–Trinajstić information content (AvgIpc) is 3.29. The molecule has 0 aliphatic rings. The number of Topliss-reactive ketones (excluding diaryl/α,β-unsaturated/α-hetero) is 1. The van der Waals surface area contributed by atoms with Gasteiger partial charge in [0.1, 0.15) is 0 Å². The first-order valence-corrected chi connectivity index (χ1v) is 8.90. The lowest BCUT2D eigenvalue weighted by molar-refractivity contribution is 0.0853. The molecule has 0 fully saturated rings. The number of furan rings is 1. The number of rotatable bonds is 6. The van der Waals surface area contributed by atoms with E-state index in [-0.39, 0.29) is 11.5 Å². The number of anilines is 1. The van der Waals surface area contributed by atoms with Crippen molar-refractivity contribution in [3.8, 4) is 0 Å². The van der Waals surface area contributed by atoms with Crippen LogP contribution in [0.2, 0.25) is 0 Å². The van der Waals surface area contributed by atoms with Gasteiger partial charge in [-0.05, 0) is 23.6 Å². The van der Waals surface area contributed by atoms with E-state index >= 15 is 0 Å². The molecule has 4 rings (SSSR count). The van der Waals surface area contributed by atoms with Crippen LogP contribution in [0.4, 0.5) is 5.69 Å². The van der Waals surface area contributed by atoms with Gasteiger partial charge in [-0.2, -0.15) is 0 Å². The molecule has 28 heavy (non-hydrogen) atoms. The highest BCUT2D eigenvalue weighted by Gasteiger charge is 2.24. The minimum Gasteiger partial charge on any atom is -0.459 e. The maximum Gasteiger partial charge on any atom is 0.288 e. The molecule has 1 unspecified atom stereocenters. The second-order valence-electron chi connectivity index (χ2n) is 6.29. The largest absolute Gasteiger partial charge is 0.459 e. The van der Waals surface area contributed by atoms with Gasteiger partial charge in [0.15, 0.2) is 11.9 Å². The quantitative estimate of drug-likeness (QED) is 0.388. The molecule has 0 aliphatic carbocycles. The number of fused-ring (bicyclic) bond motifs is 1. The van der Waals surface area contributed by atoms with Gasteiger partial charge in [0.05, 0.1) is 6.26 Å². The summed E-state index contributed by atoms with van der Waals surface area (Å²) in [6.07, 6.45) is 0.465. The summed E-state index contributed by atoms with van der Waals surface area (Å²) in [5.74, 6) is -0.564. The van der Waals surface area contributed by atoms with E-state index in [1.807, 2.05) is 48.5 Å². The Labute approximate surface area is 162 Å². The van der Waals surface area contributed by atoms with Crippen molar-refractivity contribution in [2.24, 2.45) is 0 Å². The molecule has 0 saturated carbocycles. The van der Waals surface area contributed by atoms with E-state index in [2.05, 4.69) is 10.6 Å². The van der Waals surface area contributed by atoms with Crippen LogP contribution in [-0.4, -0.2) is 17.9 Å². The number of hydrogen-bond donors (Lipinski definition) is 2. The summed E-state index contributed by atoms with van der Waals surface area (Å²) < 4.78 is 5.15. The lowest BCUT2D eigenvalue weighted by atomic mass is 10.1. The lowest BCUT2D eigenvalue weighted by Gasteiger charge is -2.21. The maximum absolute atomic E-state index is 13.1. The number of hydrogen-bond acceptors (Lipinski definition) is 4. The molecular formula is C23H18N2O3. The third-order valence-electron chi connectivity index (χ3n) is 4.43. The van der Waals surface area contributed by atoms with Gasteiger partial charge in [-0.1, -0.05) is 66.7 Å². The molecule has 1 heterocycles. The topological polar surface area (TPSA) is 71.3 Å². The Bertz CT molecular complexity index is 1100. The Balaban J connectivity index is 1.68. The molecule has 4 aromatic rings. The van der Waals surface area contributed by atoms with Crippen molar-refractivity contribution in [3.63, 3.8) is 0 Å². The summed E-state index contributed by atoms with van der Waals surface area (Å²) >= 11 is 0. The zero-order valence-corrected chi connectivity index (χ0v) is 15.0. The minimum atomic E-state index is -0.953. The average molecular weight is 370 g/mol. The van der Waals surface area contributed by atoms with Crippen LogP contribution in [0.5, 0.6) is 0 Å². The van der Waals surface area contributed by atoms with Crippen LogP contribution in [0.15, 0.2) is 95.6 Å². The lowest BCUT2D eigenvalue weighted by Crippen LogP contribution is -2.46. The second-order valence-corrected chi connectivity index (χ2v) is 6.29. The molecule has 5 heteroatoms. The molecule has 0 radical (unpaired) electrons. The van der Waals surface area contributed by atoms with Crippen molar-refractivity contribution in [1.29, 1.82) is 0 Å². The van der Waals surface area contributed by atoms with Crippen molar-refractivity contribution in [3.05, 3.63) is 103 Å². The molecule has 2 N–H and O–H groups in total. The minimum absolute atomic E-state index is 0.144. The number of carbonyl (C=O) groups excluding carboxylic acids is 2. The molecule has 0 aliphatic heterocycles. The summed E-state index contributed by atoms with van der Waals surface area (Å²) in [6, 6.07) is 25.7. The zero-order chi connectivity index (χ0) is 19.3. The van der Waals surface area contributed by atoms with E-state index in [9.17, 15) is 9.59 Å².